The molecule has 0 saturated heterocycles. The molecule has 1 rings (SSSR count). The molecule has 14 heavy (non-hydrogen) atoms. The van der Waals surface area contributed by atoms with E-state index < -0.39 is 4.87 Å². The second kappa shape index (κ2) is 4.41. The maximum absolute atomic E-state index is 6.34. The van der Waals surface area contributed by atoms with Crippen molar-refractivity contribution in [3.63, 3.8) is 0 Å². The Morgan fingerprint density at radius 3 is 2.29 bits per heavy atom. The highest BCUT2D eigenvalue weighted by Gasteiger charge is 2.47. The summed E-state index contributed by atoms with van der Waals surface area (Å²) in [6.45, 7) is 4.02. The van der Waals surface area contributed by atoms with Crippen LogP contribution in [-0.2, 0) is 0 Å². The van der Waals surface area contributed by atoms with Crippen LogP contribution >= 0.6 is 46.4 Å². The van der Waals surface area contributed by atoms with E-state index in [1.807, 2.05) is 13.0 Å². The van der Waals surface area contributed by atoms with Crippen molar-refractivity contribution < 1.29 is 0 Å². The Kier molecular flexibility index (Phi) is 4.09. The molecule has 1 fully saturated rings. The van der Waals surface area contributed by atoms with E-state index in [1.165, 1.54) is 5.54 Å². The fraction of sp³-hybridized carbons (Fsp3) is 0.800. The van der Waals surface area contributed by atoms with Crippen molar-refractivity contribution in [2.45, 2.75) is 42.3 Å². The van der Waals surface area contributed by atoms with Crippen LogP contribution < -0.4 is 0 Å². The van der Waals surface area contributed by atoms with Crippen LogP contribution in [-0.4, -0.2) is 15.6 Å². The van der Waals surface area contributed by atoms with E-state index in [1.54, 1.807) is 0 Å². The second-order valence-electron chi connectivity index (χ2n) is 4.42. The molecule has 1 aliphatic carbocycles. The summed E-state index contributed by atoms with van der Waals surface area (Å²) in [4.78, 5) is -0.405. The summed E-state index contributed by atoms with van der Waals surface area (Å²) in [6.07, 6.45) is 3.36. The predicted octanol–water partition coefficient (Wildman–Crippen LogP) is 4.75. The van der Waals surface area contributed by atoms with Crippen molar-refractivity contribution in [1.82, 2.24) is 0 Å². The third-order valence-electron chi connectivity index (χ3n) is 2.95. The van der Waals surface area contributed by atoms with E-state index in [4.69, 9.17) is 46.4 Å². The molecule has 0 aliphatic heterocycles. The fourth-order valence-corrected chi connectivity index (χ4v) is 3.31. The van der Waals surface area contributed by atoms with Crippen molar-refractivity contribution in [2.24, 2.45) is 5.41 Å². The highest BCUT2D eigenvalue weighted by Crippen LogP contribution is 2.49. The monoisotopic (exact) mass is 274 g/mol. The molecule has 82 valence electrons. The lowest BCUT2D eigenvalue weighted by atomic mass is 9.70. The fourth-order valence-electron chi connectivity index (χ4n) is 1.97. The number of alkyl halides is 3. The first kappa shape index (κ1) is 13.0. The summed E-state index contributed by atoms with van der Waals surface area (Å²) in [5.41, 5.74) is 1.35. The van der Waals surface area contributed by atoms with Gasteiger partial charge in [-0.05, 0) is 19.8 Å². The van der Waals surface area contributed by atoms with Crippen LogP contribution in [0, 0.1) is 5.41 Å². The van der Waals surface area contributed by atoms with Gasteiger partial charge in [-0.2, -0.15) is 0 Å². The number of hydrogen-bond acceptors (Lipinski definition) is 0. The van der Waals surface area contributed by atoms with Gasteiger partial charge in [-0.1, -0.05) is 24.6 Å². The van der Waals surface area contributed by atoms with Crippen molar-refractivity contribution in [2.75, 3.05) is 0 Å². The third kappa shape index (κ3) is 2.52. The van der Waals surface area contributed by atoms with E-state index in [2.05, 4.69) is 6.92 Å². The minimum Gasteiger partial charge on any atom is -0.122 e. The molecule has 0 amide bonds. The molecule has 0 N–H and O–H groups in total. The maximum atomic E-state index is 6.34. The zero-order valence-electron chi connectivity index (χ0n) is 8.24. The van der Waals surface area contributed by atoms with Crippen molar-refractivity contribution in [1.29, 1.82) is 0 Å². The molecule has 0 heterocycles. The van der Waals surface area contributed by atoms with Gasteiger partial charge in [0.2, 0.25) is 0 Å². The molecule has 0 aromatic heterocycles. The Balaban J connectivity index is 2.89. The zero-order valence-corrected chi connectivity index (χ0v) is 11.3. The van der Waals surface area contributed by atoms with Crippen molar-refractivity contribution in [3.05, 3.63) is 11.6 Å². The van der Waals surface area contributed by atoms with Crippen LogP contribution in [0.2, 0.25) is 0 Å². The summed E-state index contributed by atoms with van der Waals surface area (Å²) in [7, 11) is 0. The number of hydrogen-bond donors (Lipinski definition) is 0. The van der Waals surface area contributed by atoms with Crippen molar-refractivity contribution in [3.8, 4) is 0 Å². The lowest BCUT2D eigenvalue weighted by molar-refractivity contribution is 0.253. The summed E-state index contributed by atoms with van der Waals surface area (Å²) in [5, 5.41) is -0.0877. The second-order valence-corrected chi connectivity index (χ2v) is 6.59. The van der Waals surface area contributed by atoms with Crippen LogP contribution in [0.25, 0.3) is 0 Å². The first-order chi connectivity index (χ1) is 6.32. The first-order valence-electron chi connectivity index (χ1n) is 4.57. The molecule has 1 aliphatic rings. The largest absolute Gasteiger partial charge is 0.122 e. The SMILES string of the molecule is C[C@]1(/C=C\Cl)C[C@@](C)(Cl)[C@H](Cl)C[C@@H]1Cl. The third-order valence-corrected chi connectivity index (χ3v) is 4.92. The lowest BCUT2D eigenvalue weighted by Gasteiger charge is -2.45. The van der Waals surface area contributed by atoms with E-state index >= 15 is 0 Å². The molecule has 0 radical (unpaired) electrons. The number of halogens is 4. The predicted molar refractivity (Wildman–Crippen MR) is 65.9 cm³/mol. The Labute approximate surface area is 106 Å². The first-order valence-corrected chi connectivity index (χ1v) is 6.25. The van der Waals surface area contributed by atoms with E-state index in [9.17, 15) is 0 Å². The number of rotatable bonds is 1. The summed E-state index contributed by atoms with van der Waals surface area (Å²) >= 11 is 24.4. The van der Waals surface area contributed by atoms with E-state index in [0.717, 1.165) is 6.42 Å². The van der Waals surface area contributed by atoms with Crippen LogP contribution in [0.1, 0.15) is 26.7 Å². The lowest BCUT2D eigenvalue weighted by Crippen LogP contribution is -2.47. The molecule has 4 atom stereocenters. The topological polar surface area (TPSA) is 0 Å². The Bertz CT molecular complexity index is 236. The van der Waals surface area contributed by atoms with Crippen molar-refractivity contribution >= 4 is 46.4 Å². The van der Waals surface area contributed by atoms with E-state index in [0.29, 0.717) is 6.42 Å². The van der Waals surface area contributed by atoms with Gasteiger partial charge in [0.05, 0.1) is 10.3 Å². The van der Waals surface area contributed by atoms with Gasteiger partial charge in [-0.15, -0.1) is 34.8 Å². The summed E-state index contributed by atoms with van der Waals surface area (Å²) in [5.74, 6) is 0. The summed E-state index contributed by atoms with van der Waals surface area (Å²) in [6, 6.07) is 0. The Hall–Kier alpha value is 0.900. The maximum Gasteiger partial charge on any atom is 0.0591 e. The number of allylic oxidation sites excluding steroid dienone is 1. The molecule has 1 saturated carbocycles. The Morgan fingerprint density at radius 2 is 1.79 bits per heavy atom. The molecule has 0 bridgehead atoms. The standard InChI is InChI=1S/C10H14Cl4/c1-9(3-4-11)6-10(2,14)8(13)5-7(9)12/h3-4,7-8H,5-6H2,1-2H3/b4-3-/t7-,8+,9-,10+/m0/s1. The smallest absolute Gasteiger partial charge is 0.0591 e. The van der Waals surface area contributed by atoms with Crippen LogP contribution in [0.15, 0.2) is 11.6 Å². The van der Waals surface area contributed by atoms with Gasteiger partial charge in [0.15, 0.2) is 0 Å². The zero-order chi connectivity index (χ0) is 11.0. The average molecular weight is 276 g/mol. The van der Waals surface area contributed by atoms with Gasteiger partial charge < -0.3 is 0 Å². The molecule has 0 aromatic carbocycles. The highest BCUT2D eigenvalue weighted by molar-refractivity contribution is 6.33. The minimum absolute atomic E-state index is 0.00757. The summed E-state index contributed by atoms with van der Waals surface area (Å²) < 4.78 is 0. The van der Waals surface area contributed by atoms with Crippen LogP contribution in [0.3, 0.4) is 0 Å². The quantitative estimate of drug-likeness (QED) is 0.606. The molecule has 0 spiro atoms. The van der Waals surface area contributed by atoms with Gasteiger partial charge >= 0.3 is 0 Å². The van der Waals surface area contributed by atoms with Crippen LogP contribution in [0.4, 0.5) is 0 Å². The highest BCUT2D eigenvalue weighted by atomic mass is 35.5. The molecule has 4 heteroatoms. The molecule has 0 aromatic rings. The molecule has 0 nitrogen and oxygen atoms in total. The van der Waals surface area contributed by atoms with Gasteiger partial charge in [0, 0.05) is 16.3 Å². The minimum atomic E-state index is -0.405. The van der Waals surface area contributed by atoms with E-state index in [-0.39, 0.29) is 16.2 Å². The average Bonchev–Trinajstić information content (AvgIpc) is 2.01. The molecular weight excluding hydrogens is 262 g/mol. The van der Waals surface area contributed by atoms with Gasteiger partial charge in [0.25, 0.3) is 0 Å². The molecule has 0 unspecified atom stereocenters. The van der Waals surface area contributed by atoms with Gasteiger partial charge in [0.1, 0.15) is 0 Å². The normalized spacial score (nSPS) is 49.9. The Morgan fingerprint density at radius 1 is 1.21 bits per heavy atom. The van der Waals surface area contributed by atoms with Crippen LogP contribution in [0.5, 0.6) is 0 Å². The molecular formula is C10H14Cl4. The van der Waals surface area contributed by atoms with Gasteiger partial charge in [-0.25, -0.2) is 0 Å². The van der Waals surface area contributed by atoms with Gasteiger partial charge in [-0.3, -0.25) is 0 Å².